The lowest BCUT2D eigenvalue weighted by Crippen LogP contribution is -2.19. The Balaban J connectivity index is 0.000000353. The van der Waals surface area contributed by atoms with Crippen LogP contribution < -0.4 is 5.73 Å². The number of rotatable bonds is 8. The van der Waals surface area contributed by atoms with Gasteiger partial charge in [0.05, 0.1) is 24.7 Å². The van der Waals surface area contributed by atoms with E-state index in [0.29, 0.717) is 29.3 Å². The molecule has 3 rings (SSSR count). The molecule has 3 aromatic rings. The fourth-order valence-corrected chi connectivity index (χ4v) is 3.06. The molecule has 2 aromatic carbocycles. The van der Waals surface area contributed by atoms with Gasteiger partial charge in [0, 0.05) is 37.6 Å². The number of ketones is 1. The summed E-state index contributed by atoms with van der Waals surface area (Å²) < 4.78 is 9.90. The summed E-state index contributed by atoms with van der Waals surface area (Å²) in [6.45, 7) is 7.38. The van der Waals surface area contributed by atoms with E-state index >= 15 is 0 Å². The van der Waals surface area contributed by atoms with Gasteiger partial charge in [0.15, 0.2) is 0 Å². The first-order chi connectivity index (χ1) is 19.0. The Morgan fingerprint density at radius 2 is 1.48 bits per heavy atom. The zero-order chi connectivity index (χ0) is 30.1. The van der Waals surface area contributed by atoms with Crippen LogP contribution in [-0.4, -0.2) is 65.7 Å². The molecule has 0 aliphatic heterocycles. The van der Waals surface area contributed by atoms with Gasteiger partial charge in [-0.25, -0.2) is 19.6 Å². The molecule has 0 saturated carbocycles. The Labute approximate surface area is 235 Å². The summed E-state index contributed by atoms with van der Waals surface area (Å²) in [7, 11) is 3.50. The van der Waals surface area contributed by atoms with E-state index in [1.165, 1.54) is 19.3 Å². The highest BCUT2D eigenvalue weighted by molar-refractivity contribution is 6.24. The average molecular weight is 548 g/mol. The predicted octanol–water partition coefficient (Wildman–Crippen LogP) is 4.45. The molecule has 0 spiro atoms. The maximum absolute atomic E-state index is 12.2. The number of hydrogen-bond donors (Lipinski definition) is 2. The minimum atomic E-state index is -0.597. The first kappa shape index (κ1) is 33.2. The molecule has 0 bridgehead atoms. The quantitative estimate of drug-likeness (QED) is 0.0793. The Bertz CT molecular complexity index is 1290. The number of nitrogens with zero attached hydrogens (tertiary/aromatic N) is 3. The number of esters is 2. The van der Waals surface area contributed by atoms with Gasteiger partial charge in [-0.3, -0.25) is 10.2 Å². The molecule has 0 atom stereocenters. The van der Waals surface area contributed by atoms with Crippen LogP contribution in [0.15, 0.2) is 78.6 Å². The van der Waals surface area contributed by atoms with Gasteiger partial charge in [0.25, 0.3) is 0 Å². The van der Waals surface area contributed by atoms with E-state index in [2.05, 4.69) is 9.97 Å². The number of benzene rings is 2. The van der Waals surface area contributed by atoms with Crippen molar-refractivity contribution in [1.82, 2.24) is 14.9 Å². The van der Waals surface area contributed by atoms with E-state index < -0.39 is 11.9 Å². The number of amidine groups is 1. The standard InChI is InChI=1S/C14H14N2O2.C14H17NO3.C2H6N2/c1-3-18-14(17)12-9-15-10(2)16-13(12)11-7-5-4-6-8-11;1-4-18-14(17)12(10-15(2)3)13(16)11-8-6-5-7-9-11;1-2(3)4/h4-9H,3H2,1-2H3;5-10H,4H2,1-3H3;1H3,(H3,3,4)/b;12-10-;. The predicted molar refractivity (Wildman–Crippen MR) is 155 cm³/mol. The van der Waals surface area contributed by atoms with E-state index in [4.69, 9.17) is 20.6 Å². The van der Waals surface area contributed by atoms with Crippen LogP contribution in [0.1, 0.15) is 47.3 Å². The fraction of sp³-hybridized carbons (Fsp3) is 0.267. The normalized spacial score (nSPS) is 10.1. The maximum atomic E-state index is 12.2. The summed E-state index contributed by atoms with van der Waals surface area (Å²) >= 11 is 0. The van der Waals surface area contributed by atoms with Gasteiger partial charge in [-0.2, -0.15) is 0 Å². The third-order valence-electron chi connectivity index (χ3n) is 4.62. The molecule has 0 aliphatic rings. The van der Waals surface area contributed by atoms with Crippen LogP contribution in [0.25, 0.3) is 11.3 Å². The topological polar surface area (TPSA) is 149 Å². The number of nitrogens with two attached hydrogens (primary N) is 1. The molecule has 3 N–H and O–H groups in total. The average Bonchev–Trinajstić information content (AvgIpc) is 2.92. The van der Waals surface area contributed by atoms with Crippen molar-refractivity contribution in [1.29, 1.82) is 5.41 Å². The minimum absolute atomic E-state index is 0.0352. The molecular formula is C30H37N5O5. The van der Waals surface area contributed by atoms with Crippen LogP contribution in [0, 0.1) is 12.3 Å². The summed E-state index contributed by atoms with van der Waals surface area (Å²) in [5.41, 5.74) is 7.09. The zero-order valence-electron chi connectivity index (χ0n) is 23.8. The number of aryl methyl sites for hydroxylation is 1. The van der Waals surface area contributed by atoms with Crippen LogP contribution in [0.5, 0.6) is 0 Å². The summed E-state index contributed by atoms with van der Waals surface area (Å²) in [6.07, 6.45) is 3.00. The number of hydrogen-bond acceptors (Lipinski definition) is 9. The van der Waals surface area contributed by atoms with Crippen molar-refractivity contribution >= 4 is 23.6 Å². The fourth-order valence-electron chi connectivity index (χ4n) is 3.06. The number of ether oxygens (including phenoxy) is 2. The van der Waals surface area contributed by atoms with Crippen LogP contribution in [-0.2, 0) is 14.3 Å². The number of aromatic nitrogens is 2. The Morgan fingerprint density at radius 1 is 0.950 bits per heavy atom. The highest BCUT2D eigenvalue weighted by atomic mass is 16.5. The third-order valence-corrected chi connectivity index (χ3v) is 4.62. The highest BCUT2D eigenvalue weighted by Crippen LogP contribution is 2.21. The highest BCUT2D eigenvalue weighted by Gasteiger charge is 2.21. The molecule has 10 heteroatoms. The lowest BCUT2D eigenvalue weighted by Gasteiger charge is -2.10. The van der Waals surface area contributed by atoms with Crippen LogP contribution in [0.3, 0.4) is 0 Å². The Morgan fingerprint density at radius 3 is 1.98 bits per heavy atom. The van der Waals surface area contributed by atoms with Crippen molar-refractivity contribution in [2.24, 2.45) is 5.73 Å². The van der Waals surface area contributed by atoms with Crippen LogP contribution in [0.4, 0.5) is 0 Å². The zero-order valence-corrected chi connectivity index (χ0v) is 23.8. The number of Topliss-reactive ketones (excluding diaryl/α,β-unsaturated/α-hetero) is 1. The van der Waals surface area contributed by atoms with Crippen molar-refractivity contribution < 1.29 is 23.9 Å². The maximum Gasteiger partial charge on any atom is 0.343 e. The van der Waals surface area contributed by atoms with Crippen LogP contribution in [0.2, 0.25) is 0 Å². The molecule has 0 amide bonds. The third kappa shape index (κ3) is 11.7. The molecule has 40 heavy (non-hydrogen) atoms. The van der Waals surface area contributed by atoms with E-state index in [1.54, 1.807) is 64.0 Å². The molecule has 212 valence electrons. The Hall–Kier alpha value is -4.86. The van der Waals surface area contributed by atoms with Gasteiger partial charge < -0.3 is 20.1 Å². The van der Waals surface area contributed by atoms with Crippen LogP contribution >= 0.6 is 0 Å². The molecule has 10 nitrogen and oxygen atoms in total. The molecular weight excluding hydrogens is 510 g/mol. The van der Waals surface area contributed by atoms with E-state index in [0.717, 1.165) is 5.56 Å². The van der Waals surface area contributed by atoms with Gasteiger partial charge in [0.2, 0.25) is 5.78 Å². The van der Waals surface area contributed by atoms with Gasteiger partial charge in [-0.1, -0.05) is 60.7 Å². The summed E-state index contributed by atoms with van der Waals surface area (Å²) in [5.74, 6) is -0.527. The molecule has 0 saturated heterocycles. The number of nitrogens with one attached hydrogen (secondary N) is 1. The second-order valence-corrected chi connectivity index (χ2v) is 8.37. The Kier molecular flexibility index (Phi) is 14.6. The number of carbonyl (C=O) groups excluding carboxylic acids is 3. The van der Waals surface area contributed by atoms with Gasteiger partial charge in [-0.05, 0) is 27.7 Å². The van der Waals surface area contributed by atoms with E-state index in [9.17, 15) is 14.4 Å². The first-order valence-corrected chi connectivity index (χ1v) is 12.5. The summed E-state index contributed by atoms with van der Waals surface area (Å²) in [5, 5.41) is 6.28. The van der Waals surface area contributed by atoms with Gasteiger partial charge >= 0.3 is 11.9 Å². The monoisotopic (exact) mass is 547 g/mol. The van der Waals surface area contributed by atoms with Crippen molar-refractivity contribution in [3.05, 3.63) is 95.6 Å². The first-order valence-electron chi connectivity index (χ1n) is 12.5. The summed E-state index contributed by atoms with van der Waals surface area (Å²) in [4.78, 5) is 45.8. The second-order valence-electron chi connectivity index (χ2n) is 8.37. The lowest BCUT2D eigenvalue weighted by molar-refractivity contribution is -0.138. The molecule has 0 radical (unpaired) electrons. The molecule has 0 unspecified atom stereocenters. The van der Waals surface area contributed by atoms with Gasteiger partial charge in [0.1, 0.15) is 17.0 Å². The van der Waals surface area contributed by atoms with E-state index in [-0.39, 0.29) is 23.8 Å². The van der Waals surface area contributed by atoms with Crippen molar-refractivity contribution in [3.63, 3.8) is 0 Å². The molecule has 1 heterocycles. The molecule has 0 aliphatic carbocycles. The van der Waals surface area contributed by atoms with E-state index in [1.807, 2.05) is 36.4 Å². The molecule has 1 aromatic heterocycles. The van der Waals surface area contributed by atoms with Crippen molar-refractivity contribution in [2.45, 2.75) is 27.7 Å². The van der Waals surface area contributed by atoms with Crippen molar-refractivity contribution in [2.75, 3.05) is 27.3 Å². The van der Waals surface area contributed by atoms with Gasteiger partial charge in [-0.15, -0.1) is 0 Å². The number of carbonyl (C=O) groups is 3. The molecule has 0 fully saturated rings. The lowest BCUT2D eigenvalue weighted by atomic mass is 10.0. The largest absolute Gasteiger partial charge is 0.462 e. The minimum Gasteiger partial charge on any atom is -0.462 e. The summed E-state index contributed by atoms with van der Waals surface area (Å²) in [6, 6.07) is 18.2. The van der Waals surface area contributed by atoms with Crippen molar-refractivity contribution in [3.8, 4) is 11.3 Å². The second kappa shape index (κ2) is 17.6. The smallest absolute Gasteiger partial charge is 0.343 e. The SMILES string of the molecule is CC(=N)N.CCOC(=O)/C(=C\N(C)C)C(=O)c1ccccc1.CCOC(=O)c1cnc(C)nc1-c1ccccc1.